The lowest BCUT2D eigenvalue weighted by Crippen LogP contribution is -2.10. The molecule has 0 aliphatic carbocycles. The maximum absolute atomic E-state index is 13.4. The highest BCUT2D eigenvalue weighted by Crippen LogP contribution is 2.17. The SMILES string of the molecule is O=c1[nH]ncc(N/N=C/c2c(F)cccc2Cl)c1Cl. The lowest BCUT2D eigenvalue weighted by Gasteiger charge is -2.02. The van der Waals surface area contributed by atoms with Crippen molar-refractivity contribution in [3.8, 4) is 0 Å². The summed E-state index contributed by atoms with van der Waals surface area (Å²) in [5.41, 5.74) is 2.27. The Morgan fingerprint density at radius 1 is 1.42 bits per heavy atom. The second-order valence-corrected chi connectivity index (χ2v) is 4.22. The molecule has 0 amide bonds. The number of rotatable bonds is 3. The van der Waals surface area contributed by atoms with Crippen LogP contribution in [-0.4, -0.2) is 16.4 Å². The largest absolute Gasteiger partial charge is 0.285 e. The number of nitrogens with one attached hydrogen (secondary N) is 2. The Balaban J connectivity index is 2.21. The number of H-pyrrole nitrogens is 1. The second kappa shape index (κ2) is 5.81. The third-order valence-corrected chi connectivity index (χ3v) is 2.88. The Labute approximate surface area is 117 Å². The van der Waals surface area contributed by atoms with Crippen molar-refractivity contribution in [1.82, 2.24) is 10.2 Å². The number of hydrazone groups is 1. The van der Waals surface area contributed by atoms with E-state index in [1.165, 1.54) is 30.6 Å². The molecule has 0 atom stereocenters. The number of halogens is 3. The predicted molar refractivity (Wildman–Crippen MR) is 72.5 cm³/mol. The van der Waals surface area contributed by atoms with Crippen LogP contribution in [0.5, 0.6) is 0 Å². The second-order valence-electron chi connectivity index (χ2n) is 3.43. The Bertz CT molecular complexity index is 666. The molecule has 0 saturated carbocycles. The first-order chi connectivity index (χ1) is 9.09. The van der Waals surface area contributed by atoms with Gasteiger partial charge in [0.25, 0.3) is 5.56 Å². The molecule has 8 heteroatoms. The van der Waals surface area contributed by atoms with Gasteiger partial charge in [-0.3, -0.25) is 10.2 Å². The van der Waals surface area contributed by atoms with Gasteiger partial charge < -0.3 is 0 Å². The highest BCUT2D eigenvalue weighted by atomic mass is 35.5. The molecule has 0 radical (unpaired) electrons. The van der Waals surface area contributed by atoms with E-state index in [4.69, 9.17) is 23.2 Å². The predicted octanol–water partition coefficient (Wildman–Crippen LogP) is 2.66. The lowest BCUT2D eigenvalue weighted by molar-refractivity contribution is 0.626. The number of hydrogen-bond acceptors (Lipinski definition) is 4. The third-order valence-electron chi connectivity index (χ3n) is 2.17. The van der Waals surface area contributed by atoms with Crippen molar-refractivity contribution in [2.75, 3.05) is 5.43 Å². The first-order valence-electron chi connectivity index (χ1n) is 5.06. The van der Waals surface area contributed by atoms with E-state index < -0.39 is 11.4 Å². The smallest absolute Gasteiger partial charge is 0.275 e. The molecule has 0 unspecified atom stereocenters. The van der Waals surface area contributed by atoms with E-state index in [1.807, 2.05) is 0 Å². The van der Waals surface area contributed by atoms with Crippen LogP contribution >= 0.6 is 23.2 Å². The normalized spacial score (nSPS) is 10.9. The summed E-state index contributed by atoms with van der Waals surface area (Å²) in [4.78, 5) is 11.2. The summed E-state index contributed by atoms with van der Waals surface area (Å²) in [5.74, 6) is -0.506. The van der Waals surface area contributed by atoms with Crippen LogP contribution in [0.15, 0.2) is 34.3 Å². The molecule has 0 aliphatic rings. The van der Waals surface area contributed by atoms with Gasteiger partial charge in [0.15, 0.2) is 0 Å². The van der Waals surface area contributed by atoms with Crippen LogP contribution in [0.25, 0.3) is 0 Å². The molecule has 1 aromatic carbocycles. The number of aromatic nitrogens is 2. The topological polar surface area (TPSA) is 70.1 Å². The zero-order valence-electron chi connectivity index (χ0n) is 9.32. The fourth-order valence-electron chi connectivity index (χ4n) is 1.26. The minimum atomic E-state index is -0.550. The molecule has 2 N–H and O–H groups in total. The fraction of sp³-hybridized carbons (Fsp3) is 0. The maximum atomic E-state index is 13.4. The molecule has 0 saturated heterocycles. The van der Waals surface area contributed by atoms with Crippen LogP contribution in [0.4, 0.5) is 10.1 Å². The minimum Gasteiger partial charge on any atom is -0.275 e. The average molecular weight is 301 g/mol. The van der Waals surface area contributed by atoms with Gasteiger partial charge in [-0.25, -0.2) is 9.49 Å². The van der Waals surface area contributed by atoms with Crippen LogP contribution in [0.3, 0.4) is 0 Å². The lowest BCUT2D eigenvalue weighted by atomic mass is 10.2. The van der Waals surface area contributed by atoms with Crippen LogP contribution in [0, 0.1) is 5.82 Å². The first kappa shape index (κ1) is 13.5. The molecule has 0 bridgehead atoms. The number of anilines is 1. The van der Waals surface area contributed by atoms with Gasteiger partial charge >= 0.3 is 0 Å². The van der Waals surface area contributed by atoms with E-state index in [2.05, 4.69) is 20.7 Å². The third kappa shape index (κ3) is 3.10. The maximum Gasteiger partial charge on any atom is 0.285 e. The number of nitrogens with zero attached hydrogens (tertiary/aromatic N) is 2. The van der Waals surface area contributed by atoms with E-state index in [-0.39, 0.29) is 21.3 Å². The van der Waals surface area contributed by atoms with Crippen molar-refractivity contribution in [2.24, 2.45) is 5.10 Å². The first-order valence-corrected chi connectivity index (χ1v) is 5.81. The van der Waals surface area contributed by atoms with Crippen molar-refractivity contribution < 1.29 is 4.39 Å². The molecule has 19 heavy (non-hydrogen) atoms. The van der Waals surface area contributed by atoms with Crippen molar-refractivity contribution in [3.05, 3.63) is 56.2 Å². The van der Waals surface area contributed by atoms with Gasteiger partial charge in [0.2, 0.25) is 0 Å². The molecule has 5 nitrogen and oxygen atoms in total. The minimum absolute atomic E-state index is 0.0909. The number of benzene rings is 1. The van der Waals surface area contributed by atoms with Crippen molar-refractivity contribution in [1.29, 1.82) is 0 Å². The van der Waals surface area contributed by atoms with Crippen LogP contribution in [-0.2, 0) is 0 Å². The van der Waals surface area contributed by atoms with Crippen molar-refractivity contribution in [2.45, 2.75) is 0 Å². The molecule has 0 spiro atoms. The van der Waals surface area contributed by atoms with E-state index >= 15 is 0 Å². The fourth-order valence-corrected chi connectivity index (χ4v) is 1.61. The van der Waals surface area contributed by atoms with E-state index in [9.17, 15) is 9.18 Å². The van der Waals surface area contributed by atoms with Gasteiger partial charge in [0.05, 0.1) is 17.4 Å². The van der Waals surface area contributed by atoms with E-state index in [0.29, 0.717) is 0 Å². The molecule has 0 fully saturated rings. The molecule has 1 aromatic heterocycles. The standard InChI is InChI=1S/C11H7Cl2FN4O/c12-7-2-1-3-8(14)6(7)4-15-17-9-5-16-18-11(19)10(9)13/h1-5H,(H2,17,18,19)/b15-4+. The Morgan fingerprint density at radius 3 is 2.95 bits per heavy atom. The Kier molecular flexibility index (Phi) is 4.13. The Hall–Kier alpha value is -1.92. The summed E-state index contributed by atoms with van der Waals surface area (Å²) < 4.78 is 13.4. The molecule has 2 aromatic rings. The molecular weight excluding hydrogens is 294 g/mol. The van der Waals surface area contributed by atoms with Crippen LogP contribution in [0.2, 0.25) is 10.0 Å². The van der Waals surface area contributed by atoms with Gasteiger partial charge in [-0.05, 0) is 12.1 Å². The summed E-state index contributed by atoms with van der Waals surface area (Å²) in [5, 5.41) is 9.59. The van der Waals surface area contributed by atoms with Crippen LogP contribution in [0.1, 0.15) is 5.56 Å². The molecular formula is C11H7Cl2FN4O. The molecule has 98 valence electrons. The van der Waals surface area contributed by atoms with Crippen molar-refractivity contribution in [3.63, 3.8) is 0 Å². The summed E-state index contributed by atoms with van der Waals surface area (Å²) in [6.07, 6.45) is 2.47. The van der Waals surface area contributed by atoms with Crippen molar-refractivity contribution >= 4 is 35.1 Å². The molecule has 0 aliphatic heterocycles. The zero-order valence-corrected chi connectivity index (χ0v) is 10.8. The quantitative estimate of drug-likeness (QED) is 0.676. The van der Waals surface area contributed by atoms with Gasteiger partial charge in [0, 0.05) is 5.56 Å². The van der Waals surface area contributed by atoms with E-state index in [1.54, 1.807) is 0 Å². The molecule has 2 rings (SSSR count). The van der Waals surface area contributed by atoms with Gasteiger partial charge in [-0.15, -0.1) is 0 Å². The zero-order chi connectivity index (χ0) is 13.8. The highest BCUT2D eigenvalue weighted by Gasteiger charge is 2.05. The summed E-state index contributed by atoms with van der Waals surface area (Å²) in [7, 11) is 0. The number of hydrogen-bond donors (Lipinski definition) is 2. The summed E-state index contributed by atoms with van der Waals surface area (Å²) >= 11 is 11.5. The van der Waals surface area contributed by atoms with Crippen LogP contribution < -0.4 is 11.0 Å². The summed E-state index contributed by atoms with van der Waals surface area (Å²) in [6, 6.07) is 4.28. The Morgan fingerprint density at radius 2 is 2.21 bits per heavy atom. The monoisotopic (exact) mass is 300 g/mol. The van der Waals surface area contributed by atoms with Gasteiger partial charge in [-0.2, -0.15) is 10.2 Å². The van der Waals surface area contributed by atoms with Gasteiger partial charge in [0.1, 0.15) is 16.5 Å². The van der Waals surface area contributed by atoms with E-state index in [0.717, 1.165) is 0 Å². The average Bonchev–Trinajstić information content (AvgIpc) is 2.38. The number of aromatic amines is 1. The van der Waals surface area contributed by atoms with Gasteiger partial charge in [-0.1, -0.05) is 29.3 Å². The summed E-state index contributed by atoms with van der Waals surface area (Å²) in [6.45, 7) is 0. The molecule has 1 heterocycles. The highest BCUT2D eigenvalue weighted by molar-refractivity contribution is 6.33.